The number of esters is 1. The number of benzene rings is 1. The molecule has 2 aromatic heterocycles. The zero-order valence-electron chi connectivity index (χ0n) is 18.9. The molecule has 174 valence electrons. The van der Waals surface area contributed by atoms with Crippen LogP contribution in [-0.4, -0.2) is 22.8 Å². The Bertz CT molecular complexity index is 1200. The lowest BCUT2D eigenvalue weighted by atomic mass is 9.96. The van der Waals surface area contributed by atoms with Crippen molar-refractivity contribution in [2.24, 2.45) is 5.41 Å². The second-order valence-corrected chi connectivity index (χ2v) is 10.2. The van der Waals surface area contributed by atoms with Gasteiger partial charge in [0.05, 0.1) is 16.4 Å². The smallest absolute Gasteiger partial charge is 0.349 e. The SMILES string of the molecule is CC(=O)N(c1nc(COC(=O)c2sc(NC(=O)C(C)(C)C)cc2C)cs1)c1ccccc1F. The van der Waals surface area contributed by atoms with Gasteiger partial charge in [-0.15, -0.1) is 22.7 Å². The standard InChI is InChI=1S/C23H24FN3O4S2/c1-13-10-18(26-21(30)23(3,4)5)33-19(13)20(29)31-11-15-12-32-22(25-15)27(14(2)28)17-9-7-6-8-16(17)24/h6-10,12H,11H2,1-5H3,(H,26,30). The van der Waals surface area contributed by atoms with Gasteiger partial charge in [-0.2, -0.15) is 0 Å². The number of anilines is 3. The Hall–Kier alpha value is -3.11. The highest BCUT2D eigenvalue weighted by molar-refractivity contribution is 7.18. The number of thiophene rings is 1. The van der Waals surface area contributed by atoms with E-state index < -0.39 is 23.1 Å². The summed E-state index contributed by atoms with van der Waals surface area (Å²) >= 11 is 2.29. The second-order valence-electron chi connectivity index (χ2n) is 8.33. The number of ether oxygens (including phenoxy) is 1. The number of thiazole rings is 1. The van der Waals surface area contributed by atoms with Crippen molar-refractivity contribution in [3.8, 4) is 0 Å². The number of para-hydroxylation sites is 1. The lowest BCUT2D eigenvalue weighted by molar-refractivity contribution is -0.123. The summed E-state index contributed by atoms with van der Waals surface area (Å²) in [5, 5.41) is 5.30. The Morgan fingerprint density at radius 2 is 1.91 bits per heavy atom. The quantitative estimate of drug-likeness (QED) is 0.450. The molecule has 2 amide bonds. The normalized spacial score (nSPS) is 11.2. The lowest BCUT2D eigenvalue weighted by Gasteiger charge is -2.18. The van der Waals surface area contributed by atoms with Crippen molar-refractivity contribution in [3.63, 3.8) is 0 Å². The molecule has 0 aliphatic carbocycles. The zero-order chi connectivity index (χ0) is 24.3. The topological polar surface area (TPSA) is 88.6 Å². The molecule has 0 bridgehead atoms. The van der Waals surface area contributed by atoms with Crippen LogP contribution in [0.1, 0.15) is 48.6 Å². The Morgan fingerprint density at radius 1 is 1.21 bits per heavy atom. The number of aryl methyl sites for hydroxylation is 1. The van der Waals surface area contributed by atoms with Crippen LogP contribution in [0, 0.1) is 18.2 Å². The van der Waals surface area contributed by atoms with Gasteiger partial charge >= 0.3 is 5.97 Å². The summed E-state index contributed by atoms with van der Waals surface area (Å²) in [6.45, 7) is 8.39. The fourth-order valence-electron chi connectivity index (χ4n) is 2.76. The van der Waals surface area contributed by atoms with E-state index in [2.05, 4.69) is 10.3 Å². The molecule has 33 heavy (non-hydrogen) atoms. The Morgan fingerprint density at radius 3 is 2.55 bits per heavy atom. The van der Waals surface area contributed by atoms with Crippen LogP contribution in [0.2, 0.25) is 0 Å². The van der Waals surface area contributed by atoms with Gasteiger partial charge in [-0.05, 0) is 30.7 Å². The fourth-order valence-corrected chi connectivity index (χ4v) is 4.58. The Balaban J connectivity index is 1.69. The maximum atomic E-state index is 14.2. The van der Waals surface area contributed by atoms with Gasteiger partial charge in [0.1, 0.15) is 17.3 Å². The van der Waals surface area contributed by atoms with Crippen LogP contribution in [0.3, 0.4) is 0 Å². The van der Waals surface area contributed by atoms with E-state index in [4.69, 9.17) is 4.74 Å². The highest BCUT2D eigenvalue weighted by Gasteiger charge is 2.24. The van der Waals surface area contributed by atoms with Crippen molar-refractivity contribution in [1.29, 1.82) is 0 Å². The maximum Gasteiger partial charge on any atom is 0.349 e. The van der Waals surface area contributed by atoms with E-state index in [0.717, 1.165) is 22.7 Å². The summed E-state index contributed by atoms with van der Waals surface area (Å²) < 4.78 is 19.6. The predicted octanol–water partition coefficient (Wildman–Crippen LogP) is 5.68. The minimum absolute atomic E-state index is 0.0990. The molecular formula is C23H24FN3O4S2. The summed E-state index contributed by atoms with van der Waals surface area (Å²) in [6, 6.07) is 7.66. The average molecular weight is 490 g/mol. The summed E-state index contributed by atoms with van der Waals surface area (Å²) in [5.74, 6) is -1.63. The van der Waals surface area contributed by atoms with Crippen molar-refractivity contribution in [2.75, 3.05) is 10.2 Å². The molecule has 2 heterocycles. The maximum absolute atomic E-state index is 14.2. The molecule has 0 atom stereocenters. The molecule has 3 rings (SSSR count). The molecule has 0 fully saturated rings. The first-order valence-electron chi connectivity index (χ1n) is 10.1. The number of aromatic nitrogens is 1. The van der Waals surface area contributed by atoms with Crippen LogP contribution in [0.4, 0.5) is 20.2 Å². The van der Waals surface area contributed by atoms with Crippen molar-refractivity contribution in [3.05, 3.63) is 57.7 Å². The van der Waals surface area contributed by atoms with Crippen molar-refractivity contribution >= 4 is 56.3 Å². The Kier molecular flexibility index (Phi) is 7.28. The first-order valence-corrected chi connectivity index (χ1v) is 11.8. The first-order chi connectivity index (χ1) is 15.5. The third kappa shape index (κ3) is 5.82. The van der Waals surface area contributed by atoms with Crippen molar-refractivity contribution in [2.45, 2.75) is 41.2 Å². The molecule has 0 aliphatic heterocycles. The lowest BCUT2D eigenvalue weighted by Crippen LogP contribution is -2.27. The number of amides is 2. The monoisotopic (exact) mass is 489 g/mol. The molecule has 0 spiro atoms. The number of nitrogens with zero attached hydrogens (tertiary/aromatic N) is 2. The first kappa shape index (κ1) is 24.5. The van der Waals surface area contributed by atoms with E-state index in [9.17, 15) is 18.8 Å². The van der Waals surface area contributed by atoms with Gasteiger partial charge in [0.15, 0.2) is 5.13 Å². The molecule has 0 unspecified atom stereocenters. The van der Waals surface area contributed by atoms with Gasteiger partial charge in [-0.1, -0.05) is 32.9 Å². The van der Waals surface area contributed by atoms with Gasteiger partial charge in [0, 0.05) is 17.7 Å². The molecule has 0 saturated carbocycles. The number of rotatable bonds is 6. The van der Waals surface area contributed by atoms with Gasteiger partial charge in [-0.25, -0.2) is 14.2 Å². The zero-order valence-corrected chi connectivity index (χ0v) is 20.5. The number of halogens is 1. The van der Waals surface area contributed by atoms with Crippen LogP contribution in [-0.2, 0) is 20.9 Å². The van der Waals surface area contributed by atoms with Crippen LogP contribution >= 0.6 is 22.7 Å². The summed E-state index contributed by atoms with van der Waals surface area (Å²) in [4.78, 5) is 42.8. The molecule has 1 aromatic carbocycles. The number of carbonyl (C=O) groups excluding carboxylic acids is 3. The van der Waals surface area contributed by atoms with Gasteiger partial charge in [0.25, 0.3) is 0 Å². The highest BCUT2D eigenvalue weighted by Crippen LogP contribution is 2.32. The van der Waals surface area contributed by atoms with Gasteiger partial charge in [0.2, 0.25) is 11.8 Å². The van der Waals surface area contributed by atoms with E-state index in [1.54, 1.807) is 45.2 Å². The fraction of sp³-hybridized carbons (Fsp3) is 0.304. The van der Waals surface area contributed by atoms with Gasteiger partial charge < -0.3 is 10.1 Å². The largest absolute Gasteiger partial charge is 0.455 e. The number of carbonyl (C=O) groups is 3. The van der Waals surface area contributed by atoms with E-state index in [0.29, 0.717) is 21.1 Å². The minimum Gasteiger partial charge on any atom is -0.455 e. The molecule has 0 saturated heterocycles. The summed E-state index contributed by atoms with van der Waals surface area (Å²) in [6.07, 6.45) is 0. The third-order valence-corrected chi connectivity index (χ3v) is 6.52. The molecule has 7 nitrogen and oxygen atoms in total. The van der Waals surface area contributed by atoms with Crippen molar-refractivity contribution in [1.82, 2.24) is 4.98 Å². The van der Waals surface area contributed by atoms with E-state index in [1.165, 1.54) is 30.0 Å². The number of nitrogens with one attached hydrogen (secondary N) is 1. The van der Waals surface area contributed by atoms with Crippen LogP contribution in [0.25, 0.3) is 0 Å². The second kappa shape index (κ2) is 9.80. The molecule has 0 radical (unpaired) electrons. The number of hydrogen-bond donors (Lipinski definition) is 1. The number of hydrogen-bond acceptors (Lipinski definition) is 7. The summed E-state index contributed by atoms with van der Waals surface area (Å²) in [7, 11) is 0. The predicted molar refractivity (Wildman–Crippen MR) is 128 cm³/mol. The molecule has 0 aliphatic rings. The third-order valence-electron chi connectivity index (χ3n) is 4.51. The van der Waals surface area contributed by atoms with E-state index >= 15 is 0 Å². The molecule has 1 N–H and O–H groups in total. The molecular weight excluding hydrogens is 465 g/mol. The van der Waals surface area contributed by atoms with E-state index in [1.807, 2.05) is 0 Å². The van der Waals surface area contributed by atoms with Crippen molar-refractivity contribution < 1.29 is 23.5 Å². The summed E-state index contributed by atoms with van der Waals surface area (Å²) in [5.41, 5.74) is 0.663. The molecule has 10 heteroatoms. The minimum atomic E-state index is -0.558. The van der Waals surface area contributed by atoms with Crippen LogP contribution in [0.15, 0.2) is 35.7 Å². The van der Waals surface area contributed by atoms with Crippen LogP contribution < -0.4 is 10.2 Å². The highest BCUT2D eigenvalue weighted by atomic mass is 32.1. The Labute approximate surface area is 199 Å². The molecule has 3 aromatic rings. The van der Waals surface area contributed by atoms with Crippen LogP contribution in [0.5, 0.6) is 0 Å². The average Bonchev–Trinajstić information content (AvgIpc) is 3.33. The van der Waals surface area contributed by atoms with E-state index in [-0.39, 0.29) is 23.3 Å². The van der Waals surface area contributed by atoms with Gasteiger partial charge in [-0.3, -0.25) is 14.5 Å².